The van der Waals surface area contributed by atoms with Crippen LogP contribution in [0.5, 0.6) is 0 Å². The number of amides is 1. The zero-order valence-electron chi connectivity index (χ0n) is 12.1. The molecule has 0 fully saturated rings. The monoisotopic (exact) mass is 288 g/mol. The summed E-state index contributed by atoms with van der Waals surface area (Å²) in [6.07, 6.45) is 1.25. The van der Waals surface area contributed by atoms with E-state index in [-0.39, 0.29) is 11.3 Å². The minimum atomic E-state index is -0.0535. The van der Waals surface area contributed by atoms with Crippen LogP contribution >= 0.6 is 11.3 Å². The van der Waals surface area contributed by atoms with Gasteiger partial charge >= 0.3 is 0 Å². The molecule has 1 N–H and O–H groups in total. The largest absolute Gasteiger partial charge is 0.316 e. The van der Waals surface area contributed by atoms with Gasteiger partial charge in [0.05, 0.1) is 11.2 Å². The summed E-state index contributed by atoms with van der Waals surface area (Å²) in [6.45, 7) is 6.30. The maximum Gasteiger partial charge on any atom is 0.225 e. The number of nitrogens with one attached hydrogen (secondary N) is 1. The molecule has 0 saturated carbocycles. The number of rotatable bonds is 4. The van der Waals surface area contributed by atoms with E-state index in [4.69, 9.17) is 0 Å². The minimum absolute atomic E-state index is 0.0450. The number of nitrogens with zero attached hydrogens (tertiary/aromatic N) is 1. The summed E-state index contributed by atoms with van der Waals surface area (Å²) in [5, 5.41) is 3.86. The zero-order chi connectivity index (χ0) is 14.6. The molecule has 3 nitrogen and oxygen atoms in total. The van der Waals surface area contributed by atoms with Crippen molar-refractivity contribution in [3.8, 4) is 0 Å². The van der Waals surface area contributed by atoms with Gasteiger partial charge in [-0.25, -0.2) is 4.98 Å². The third-order valence-electron chi connectivity index (χ3n) is 3.01. The van der Waals surface area contributed by atoms with Crippen LogP contribution in [0.2, 0.25) is 0 Å². The number of carbonyl (C=O) groups excluding carboxylic acids is 1. The number of aryl methyl sites for hydroxylation is 1. The lowest BCUT2D eigenvalue weighted by atomic mass is 9.92. The molecule has 1 aromatic carbocycles. The summed E-state index contributed by atoms with van der Waals surface area (Å²) in [5.41, 5.74) is 3.87. The highest BCUT2D eigenvalue weighted by Crippen LogP contribution is 2.31. The van der Waals surface area contributed by atoms with Gasteiger partial charge in [0.2, 0.25) is 5.91 Å². The fourth-order valence-electron chi connectivity index (χ4n) is 1.96. The number of hydrogen-bond donors (Lipinski definition) is 1. The van der Waals surface area contributed by atoms with Gasteiger partial charge < -0.3 is 5.32 Å². The van der Waals surface area contributed by atoms with Crippen molar-refractivity contribution in [2.24, 2.45) is 0 Å². The molecule has 0 aliphatic rings. The number of carbonyl (C=O) groups is 1. The Labute approximate surface area is 124 Å². The number of hydrogen-bond acceptors (Lipinski definition) is 3. The van der Waals surface area contributed by atoms with E-state index in [0.717, 1.165) is 17.1 Å². The molecule has 0 radical (unpaired) electrons. The van der Waals surface area contributed by atoms with Gasteiger partial charge in [-0.15, -0.1) is 11.3 Å². The third-order valence-corrected chi connectivity index (χ3v) is 3.76. The Kier molecular flexibility index (Phi) is 4.55. The van der Waals surface area contributed by atoms with Crippen molar-refractivity contribution in [1.82, 2.24) is 4.98 Å². The van der Waals surface area contributed by atoms with E-state index >= 15 is 0 Å². The topological polar surface area (TPSA) is 42.0 Å². The SMILES string of the molecule is CC(C)(C)c1ncsc1NC(=O)CCc1ccccc1. The smallest absolute Gasteiger partial charge is 0.225 e. The standard InChI is InChI=1S/C16H20N2OS/c1-16(2,3)14-15(20-11-17-14)18-13(19)10-9-12-7-5-4-6-8-12/h4-8,11H,9-10H2,1-3H3,(H,18,19). The van der Waals surface area contributed by atoms with Gasteiger partial charge in [-0.05, 0) is 12.0 Å². The van der Waals surface area contributed by atoms with E-state index in [1.807, 2.05) is 30.3 Å². The van der Waals surface area contributed by atoms with Crippen molar-refractivity contribution in [3.63, 3.8) is 0 Å². The molecule has 106 valence electrons. The first-order chi connectivity index (χ1) is 9.47. The van der Waals surface area contributed by atoms with Crippen molar-refractivity contribution in [2.45, 2.75) is 39.0 Å². The van der Waals surface area contributed by atoms with E-state index in [2.05, 4.69) is 31.1 Å². The molecule has 0 atom stereocenters. The fraction of sp³-hybridized carbons (Fsp3) is 0.375. The van der Waals surface area contributed by atoms with Gasteiger partial charge in [-0.1, -0.05) is 51.1 Å². The van der Waals surface area contributed by atoms with Crippen molar-refractivity contribution < 1.29 is 4.79 Å². The summed E-state index contributed by atoms with van der Waals surface area (Å²) in [6, 6.07) is 10.1. The number of aromatic nitrogens is 1. The van der Waals surface area contributed by atoms with Gasteiger partial charge in [0.1, 0.15) is 5.00 Å². The summed E-state index contributed by atoms with van der Waals surface area (Å²) < 4.78 is 0. The van der Waals surface area contributed by atoms with Crippen LogP contribution in [-0.2, 0) is 16.6 Å². The Bertz CT molecular complexity index is 570. The van der Waals surface area contributed by atoms with Gasteiger partial charge in [-0.3, -0.25) is 4.79 Å². The van der Waals surface area contributed by atoms with Gasteiger partial charge in [0, 0.05) is 11.8 Å². The van der Waals surface area contributed by atoms with Crippen LogP contribution in [0.1, 0.15) is 38.4 Å². The first-order valence-corrected chi connectivity index (χ1v) is 7.62. The molecule has 0 saturated heterocycles. The molecule has 2 aromatic rings. The van der Waals surface area contributed by atoms with Crippen LogP contribution in [0.4, 0.5) is 5.00 Å². The second-order valence-corrected chi connectivity index (χ2v) is 6.67. The predicted octanol–water partition coefficient (Wildman–Crippen LogP) is 4.01. The van der Waals surface area contributed by atoms with Crippen LogP contribution in [0.15, 0.2) is 35.8 Å². The molecule has 0 unspecified atom stereocenters. The third kappa shape index (κ3) is 3.90. The minimum Gasteiger partial charge on any atom is -0.316 e. The molecule has 0 aliphatic heterocycles. The lowest BCUT2D eigenvalue weighted by molar-refractivity contribution is -0.116. The Morgan fingerprint density at radius 1 is 1.25 bits per heavy atom. The first-order valence-electron chi connectivity index (χ1n) is 6.74. The zero-order valence-corrected chi connectivity index (χ0v) is 13.0. The lowest BCUT2D eigenvalue weighted by Gasteiger charge is -2.17. The van der Waals surface area contributed by atoms with Gasteiger partial charge in [0.15, 0.2) is 0 Å². The van der Waals surface area contributed by atoms with E-state index in [1.165, 1.54) is 16.9 Å². The summed E-state index contributed by atoms with van der Waals surface area (Å²) in [4.78, 5) is 16.4. The first kappa shape index (κ1) is 14.7. The molecule has 1 aromatic heterocycles. The normalized spacial score (nSPS) is 11.3. The van der Waals surface area contributed by atoms with E-state index < -0.39 is 0 Å². The molecule has 20 heavy (non-hydrogen) atoms. The second kappa shape index (κ2) is 6.18. The highest BCUT2D eigenvalue weighted by Gasteiger charge is 2.21. The summed E-state index contributed by atoms with van der Waals surface area (Å²) in [5.74, 6) is 0.0450. The van der Waals surface area contributed by atoms with E-state index in [9.17, 15) is 4.79 Å². The molecule has 4 heteroatoms. The summed E-state index contributed by atoms with van der Waals surface area (Å²) in [7, 11) is 0. The number of benzene rings is 1. The summed E-state index contributed by atoms with van der Waals surface area (Å²) >= 11 is 1.48. The van der Waals surface area contributed by atoms with Crippen LogP contribution < -0.4 is 5.32 Å². The highest BCUT2D eigenvalue weighted by molar-refractivity contribution is 7.14. The van der Waals surface area contributed by atoms with Crippen molar-refractivity contribution in [2.75, 3.05) is 5.32 Å². The Morgan fingerprint density at radius 3 is 2.60 bits per heavy atom. The maximum absolute atomic E-state index is 12.0. The average molecular weight is 288 g/mol. The molecule has 1 heterocycles. The van der Waals surface area contributed by atoms with Crippen LogP contribution in [0.3, 0.4) is 0 Å². The molecule has 0 aliphatic carbocycles. The van der Waals surface area contributed by atoms with E-state index in [1.54, 1.807) is 5.51 Å². The van der Waals surface area contributed by atoms with E-state index in [0.29, 0.717) is 6.42 Å². The second-order valence-electron chi connectivity index (χ2n) is 5.81. The number of thiazole rings is 1. The quantitative estimate of drug-likeness (QED) is 0.923. The lowest BCUT2D eigenvalue weighted by Crippen LogP contribution is -2.18. The fourth-order valence-corrected chi connectivity index (χ4v) is 2.87. The number of anilines is 1. The average Bonchev–Trinajstić information content (AvgIpc) is 2.86. The molecule has 2 rings (SSSR count). The Balaban J connectivity index is 1.94. The molecule has 0 bridgehead atoms. The van der Waals surface area contributed by atoms with Crippen LogP contribution in [0.25, 0.3) is 0 Å². The van der Waals surface area contributed by atoms with Crippen molar-refractivity contribution in [1.29, 1.82) is 0 Å². The molecular formula is C16H20N2OS. The molecule has 1 amide bonds. The highest BCUT2D eigenvalue weighted by atomic mass is 32.1. The van der Waals surface area contributed by atoms with Crippen LogP contribution in [-0.4, -0.2) is 10.9 Å². The Hall–Kier alpha value is -1.68. The predicted molar refractivity (Wildman–Crippen MR) is 84.2 cm³/mol. The van der Waals surface area contributed by atoms with Gasteiger partial charge in [-0.2, -0.15) is 0 Å². The molecular weight excluding hydrogens is 268 g/mol. The van der Waals surface area contributed by atoms with Crippen molar-refractivity contribution in [3.05, 3.63) is 47.1 Å². The Morgan fingerprint density at radius 2 is 1.95 bits per heavy atom. The van der Waals surface area contributed by atoms with Gasteiger partial charge in [0.25, 0.3) is 0 Å². The maximum atomic E-state index is 12.0. The van der Waals surface area contributed by atoms with Crippen LogP contribution in [0, 0.1) is 0 Å². The van der Waals surface area contributed by atoms with Crippen molar-refractivity contribution >= 4 is 22.2 Å². The molecule has 0 spiro atoms.